The number of carbonyl (C=O) groups is 3. The Morgan fingerprint density at radius 1 is 0.944 bits per heavy atom. The molecule has 190 valence electrons. The van der Waals surface area contributed by atoms with Gasteiger partial charge in [0.1, 0.15) is 0 Å². The van der Waals surface area contributed by atoms with Crippen molar-refractivity contribution in [3.63, 3.8) is 0 Å². The normalized spacial score (nSPS) is 19.0. The topological polar surface area (TPSA) is 76.2 Å². The van der Waals surface area contributed by atoms with E-state index >= 15 is 0 Å². The third kappa shape index (κ3) is 5.64. The number of piperidine rings is 1. The summed E-state index contributed by atoms with van der Waals surface area (Å²) < 4.78 is 11.3. The number of thiophene rings is 1. The summed E-state index contributed by atoms with van der Waals surface area (Å²) in [5.74, 6) is 1.28. The van der Waals surface area contributed by atoms with Gasteiger partial charge in [-0.15, -0.1) is 0 Å². The number of likely N-dealkylation sites (tertiary alicyclic amines) is 2. The summed E-state index contributed by atoms with van der Waals surface area (Å²) in [4.78, 5) is 42.0. The lowest BCUT2D eigenvalue weighted by molar-refractivity contribution is -0.132. The summed E-state index contributed by atoms with van der Waals surface area (Å²) in [5.41, 5.74) is 1.69. The zero-order chi connectivity index (χ0) is 25.0. The van der Waals surface area contributed by atoms with Crippen LogP contribution in [0.3, 0.4) is 0 Å². The molecule has 7 nitrogen and oxygen atoms in total. The molecule has 0 bridgehead atoms. The van der Waals surface area contributed by atoms with Crippen LogP contribution in [-0.4, -0.2) is 66.8 Å². The maximum atomic E-state index is 12.9. The fraction of sp³-hybridized carbons (Fsp3) is 0.464. The van der Waals surface area contributed by atoms with Crippen LogP contribution >= 0.6 is 11.3 Å². The van der Waals surface area contributed by atoms with E-state index in [9.17, 15) is 14.4 Å². The average Bonchev–Trinajstić information content (AvgIpc) is 3.51. The Kier molecular flexibility index (Phi) is 7.41. The van der Waals surface area contributed by atoms with E-state index in [-0.39, 0.29) is 35.9 Å². The fourth-order valence-electron chi connectivity index (χ4n) is 5.26. The summed E-state index contributed by atoms with van der Waals surface area (Å²) in [6.07, 6.45) is 7.50. The average molecular weight is 509 g/mol. The minimum Gasteiger partial charge on any atom is -0.490 e. The van der Waals surface area contributed by atoms with Crippen molar-refractivity contribution in [2.45, 2.75) is 38.5 Å². The number of hydrogen-bond acceptors (Lipinski definition) is 6. The molecule has 8 heteroatoms. The Bertz CT molecular complexity index is 1130. The number of fused-ring (bicyclic) bond motifs is 1. The molecule has 5 rings (SSSR count). The molecule has 0 aliphatic carbocycles. The minimum atomic E-state index is -0.0600. The zero-order valence-corrected chi connectivity index (χ0v) is 21.3. The Labute approximate surface area is 215 Å². The van der Waals surface area contributed by atoms with Crippen LogP contribution < -0.4 is 9.47 Å². The molecule has 3 aliphatic heterocycles. The van der Waals surface area contributed by atoms with E-state index in [1.54, 1.807) is 35.6 Å². The van der Waals surface area contributed by atoms with E-state index in [2.05, 4.69) is 0 Å². The molecule has 36 heavy (non-hydrogen) atoms. The van der Waals surface area contributed by atoms with Crippen LogP contribution in [0.4, 0.5) is 0 Å². The number of benzene rings is 1. The number of amides is 2. The third-order valence-electron chi connectivity index (χ3n) is 7.52. The predicted octanol–water partition coefficient (Wildman–Crippen LogP) is 4.43. The quantitative estimate of drug-likeness (QED) is 0.426. The van der Waals surface area contributed by atoms with Gasteiger partial charge in [0.05, 0.1) is 13.2 Å². The molecule has 0 radical (unpaired) electrons. The van der Waals surface area contributed by atoms with Gasteiger partial charge < -0.3 is 19.3 Å². The van der Waals surface area contributed by atoms with Crippen molar-refractivity contribution >= 4 is 35.0 Å². The highest BCUT2D eigenvalue weighted by molar-refractivity contribution is 7.08. The van der Waals surface area contributed by atoms with Crippen LogP contribution in [-0.2, 0) is 9.59 Å². The molecule has 2 saturated heterocycles. The number of carbonyl (C=O) groups excluding carboxylic acids is 3. The van der Waals surface area contributed by atoms with Crippen molar-refractivity contribution in [1.29, 1.82) is 0 Å². The van der Waals surface area contributed by atoms with Crippen LogP contribution in [0.25, 0.3) is 6.08 Å². The maximum Gasteiger partial charge on any atom is 0.246 e. The van der Waals surface area contributed by atoms with Gasteiger partial charge in [0.15, 0.2) is 17.3 Å². The summed E-state index contributed by atoms with van der Waals surface area (Å²) in [6, 6.07) is 7.24. The summed E-state index contributed by atoms with van der Waals surface area (Å²) in [7, 11) is 0. The number of nitrogens with zero attached hydrogens (tertiary/aromatic N) is 2. The van der Waals surface area contributed by atoms with E-state index < -0.39 is 0 Å². The number of ketones is 1. The molecule has 4 heterocycles. The second-order valence-electron chi connectivity index (χ2n) is 9.92. The molecule has 1 aromatic heterocycles. The second kappa shape index (κ2) is 10.9. The lowest BCUT2D eigenvalue weighted by Crippen LogP contribution is -2.44. The molecule has 0 N–H and O–H groups in total. The highest BCUT2D eigenvalue weighted by Gasteiger charge is 2.42. The van der Waals surface area contributed by atoms with Gasteiger partial charge in [-0.2, -0.15) is 11.3 Å². The van der Waals surface area contributed by atoms with Crippen molar-refractivity contribution in [3.05, 3.63) is 52.2 Å². The predicted molar refractivity (Wildman–Crippen MR) is 138 cm³/mol. The highest BCUT2D eigenvalue weighted by Crippen LogP contribution is 2.40. The molecule has 2 aromatic rings. The first kappa shape index (κ1) is 24.6. The van der Waals surface area contributed by atoms with Gasteiger partial charge in [-0.25, -0.2) is 0 Å². The smallest absolute Gasteiger partial charge is 0.246 e. The maximum absolute atomic E-state index is 12.9. The van der Waals surface area contributed by atoms with Gasteiger partial charge in [-0.1, -0.05) is 0 Å². The van der Waals surface area contributed by atoms with Gasteiger partial charge in [0, 0.05) is 57.1 Å². The minimum absolute atomic E-state index is 0.0340. The number of Topliss-reactive ketones (excluding diaryl/α,β-unsaturated/α-hetero) is 1. The van der Waals surface area contributed by atoms with Gasteiger partial charge in [0.2, 0.25) is 11.8 Å². The van der Waals surface area contributed by atoms with Crippen molar-refractivity contribution in [1.82, 2.24) is 9.80 Å². The Hall–Kier alpha value is -3.13. The molecule has 1 spiro atoms. The number of hydrogen-bond donors (Lipinski definition) is 0. The SMILES string of the molecule is O=C(CCC(=O)N1CCC2(CCN(C(=O)/C=C/c3ccsc3)CC2)C1)c1ccc2c(c1)OCCCO2. The number of rotatable bonds is 6. The first-order valence-corrected chi connectivity index (χ1v) is 13.7. The Balaban J connectivity index is 1.09. The Morgan fingerprint density at radius 2 is 1.69 bits per heavy atom. The van der Waals surface area contributed by atoms with E-state index in [1.165, 1.54) is 0 Å². The number of ether oxygens (including phenoxy) is 2. The molecule has 0 atom stereocenters. The lowest BCUT2D eigenvalue weighted by Gasteiger charge is -2.39. The molecule has 0 saturated carbocycles. The van der Waals surface area contributed by atoms with Crippen molar-refractivity contribution < 1.29 is 23.9 Å². The van der Waals surface area contributed by atoms with Crippen LogP contribution in [0.1, 0.15) is 54.4 Å². The van der Waals surface area contributed by atoms with Gasteiger partial charge in [-0.3, -0.25) is 14.4 Å². The molecular weight excluding hydrogens is 476 g/mol. The van der Waals surface area contributed by atoms with Crippen molar-refractivity contribution in [3.8, 4) is 11.5 Å². The summed E-state index contributed by atoms with van der Waals surface area (Å²) >= 11 is 1.61. The first-order valence-electron chi connectivity index (χ1n) is 12.7. The van der Waals surface area contributed by atoms with Crippen LogP contribution in [0, 0.1) is 5.41 Å². The van der Waals surface area contributed by atoms with Gasteiger partial charge in [-0.05, 0) is 71.3 Å². The molecule has 2 amide bonds. The van der Waals surface area contributed by atoms with Gasteiger partial charge >= 0.3 is 0 Å². The largest absolute Gasteiger partial charge is 0.490 e. The van der Waals surface area contributed by atoms with Crippen LogP contribution in [0.15, 0.2) is 41.1 Å². The van der Waals surface area contributed by atoms with Crippen LogP contribution in [0.2, 0.25) is 0 Å². The first-order chi connectivity index (χ1) is 17.5. The Morgan fingerprint density at radius 3 is 2.44 bits per heavy atom. The van der Waals surface area contributed by atoms with Gasteiger partial charge in [0.25, 0.3) is 0 Å². The fourth-order valence-corrected chi connectivity index (χ4v) is 5.89. The zero-order valence-electron chi connectivity index (χ0n) is 20.4. The molecule has 1 aromatic carbocycles. The standard InChI is InChI=1S/C28H32N2O5S/c31-23(22-3-5-24-25(18-22)35-16-1-15-34-24)4-7-27(33)30-14-11-28(20-30)9-12-29(13-10-28)26(32)6-2-21-8-17-36-19-21/h2-3,5-6,8,17-19H,1,4,7,9-16,20H2/b6-2+. The molecule has 3 aliphatic rings. The van der Waals surface area contributed by atoms with E-state index in [0.717, 1.165) is 57.4 Å². The van der Waals surface area contributed by atoms with Crippen molar-refractivity contribution in [2.75, 3.05) is 39.4 Å². The lowest BCUT2D eigenvalue weighted by atomic mass is 9.78. The highest BCUT2D eigenvalue weighted by atomic mass is 32.1. The van der Waals surface area contributed by atoms with E-state index in [0.29, 0.717) is 30.3 Å². The molecule has 2 fully saturated rings. The summed E-state index contributed by atoms with van der Waals surface area (Å²) in [5, 5.41) is 4.02. The molecular formula is C28H32N2O5S. The summed E-state index contributed by atoms with van der Waals surface area (Å²) in [6.45, 7) is 4.05. The van der Waals surface area contributed by atoms with Crippen LogP contribution in [0.5, 0.6) is 11.5 Å². The monoisotopic (exact) mass is 508 g/mol. The van der Waals surface area contributed by atoms with Crippen molar-refractivity contribution in [2.24, 2.45) is 5.41 Å². The van der Waals surface area contributed by atoms with E-state index in [1.807, 2.05) is 32.7 Å². The third-order valence-corrected chi connectivity index (χ3v) is 8.23. The van der Waals surface area contributed by atoms with E-state index in [4.69, 9.17) is 9.47 Å². The second-order valence-corrected chi connectivity index (χ2v) is 10.7. The molecule has 0 unspecified atom stereocenters.